The molecule has 144 valence electrons. The molecular weight excluding hydrogens is 355 g/mol. The fourth-order valence-corrected chi connectivity index (χ4v) is 3.32. The van der Waals surface area contributed by atoms with Crippen molar-refractivity contribution in [2.45, 2.75) is 33.4 Å². The number of halogens is 1. The van der Waals surface area contributed by atoms with E-state index in [0.717, 1.165) is 11.1 Å². The number of nitrogens with zero attached hydrogens (tertiary/aromatic N) is 1. The second-order valence-electron chi connectivity index (χ2n) is 6.88. The quantitative estimate of drug-likeness (QED) is 0.633. The summed E-state index contributed by atoms with van der Waals surface area (Å²) in [6.07, 6.45) is 0. The van der Waals surface area contributed by atoms with E-state index in [1.807, 2.05) is 44.2 Å². The number of nitrogens with one attached hydrogen (secondary N) is 1. The van der Waals surface area contributed by atoms with E-state index in [9.17, 15) is 14.0 Å². The summed E-state index contributed by atoms with van der Waals surface area (Å²) in [6.45, 7) is 5.32. The SMILES string of the molecule is CC(=O)c1cc(-c2ccc(F)cc2)n(CC(=O)N[C@@H](C)c2ccccc2)c1C. The molecule has 0 unspecified atom stereocenters. The third-order valence-electron chi connectivity index (χ3n) is 4.86. The van der Waals surface area contributed by atoms with Crippen LogP contribution in [0.15, 0.2) is 60.7 Å². The van der Waals surface area contributed by atoms with Gasteiger partial charge in [-0.15, -0.1) is 0 Å². The highest BCUT2D eigenvalue weighted by Gasteiger charge is 2.19. The number of aromatic nitrogens is 1. The fourth-order valence-electron chi connectivity index (χ4n) is 3.32. The van der Waals surface area contributed by atoms with Gasteiger partial charge in [-0.25, -0.2) is 4.39 Å². The minimum atomic E-state index is -0.334. The number of rotatable bonds is 6. The molecule has 1 N–H and O–H groups in total. The van der Waals surface area contributed by atoms with Crippen molar-refractivity contribution >= 4 is 11.7 Å². The van der Waals surface area contributed by atoms with Gasteiger partial charge in [-0.05, 0) is 62.2 Å². The molecule has 3 rings (SSSR count). The lowest BCUT2D eigenvalue weighted by Gasteiger charge is -2.17. The summed E-state index contributed by atoms with van der Waals surface area (Å²) in [7, 11) is 0. The van der Waals surface area contributed by atoms with Crippen molar-refractivity contribution in [2.75, 3.05) is 0 Å². The maximum Gasteiger partial charge on any atom is 0.240 e. The van der Waals surface area contributed by atoms with Crippen molar-refractivity contribution in [3.05, 3.63) is 83.3 Å². The molecule has 0 saturated heterocycles. The van der Waals surface area contributed by atoms with E-state index in [0.29, 0.717) is 17.0 Å². The molecule has 28 heavy (non-hydrogen) atoms. The Bertz CT molecular complexity index is 991. The average Bonchev–Trinajstić information content (AvgIpc) is 2.99. The standard InChI is InChI=1S/C23H23FN2O2/c1-15(18-7-5-4-6-8-18)25-23(28)14-26-16(2)21(17(3)27)13-22(26)19-9-11-20(24)12-10-19/h4-13,15H,14H2,1-3H3,(H,25,28)/t15-/m0/s1. The van der Waals surface area contributed by atoms with Gasteiger partial charge < -0.3 is 9.88 Å². The Hall–Kier alpha value is -3.21. The van der Waals surface area contributed by atoms with Crippen molar-refractivity contribution < 1.29 is 14.0 Å². The molecule has 0 aliphatic carbocycles. The number of ketones is 1. The van der Waals surface area contributed by atoms with Gasteiger partial charge in [-0.3, -0.25) is 9.59 Å². The molecule has 0 radical (unpaired) electrons. The minimum Gasteiger partial charge on any atom is -0.348 e. The van der Waals surface area contributed by atoms with Gasteiger partial charge in [0.25, 0.3) is 0 Å². The first kappa shape index (κ1) is 19.5. The lowest BCUT2D eigenvalue weighted by Crippen LogP contribution is -2.30. The number of hydrogen-bond donors (Lipinski definition) is 1. The van der Waals surface area contributed by atoms with E-state index in [-0.39, 0.29) is 30.1 Å². The first-order chi connectivity index (χ1) is 13.4. The first-order valence-electron chi connectivity index (χ1n) is 9.18. The second-order valence-corrected chi connectivity index (χ2v) is 6.88. The molecule has 1 aromatic heterocycles. The van der Waals surface area contributed by atoms with Crippen LogP contribution in [0.4, 0.5) is 4.39 Å². The molecular formula is C23H23FN2O2. The first-order valence-corrected chi connectivity index (χ1v) is 9.18. The lowest BCUT2D eigenvalue weighted by atomic mass is 10.1. The molecule has 0 saturated carbocycles. The second kappa shape index (κ2) is 8.21. The van der Waals surface area contributed by atoms with Crippen molar-refractivity contribution in [1.82, 2.24) is 9.88 Å². The molecule has 1 heterocycles. The van der Waals surface area contributed by atoms with Crippen LogP contribution in [0.3, 0.4) is 0 Å². The summed E-state index contributed by atoms with van der Waals surface area (Å²) < 4.78 is 15.1. The van der Waals surface area contributed by atoms with Crippen LogP contribution in [-0.4, -0.2) is 16.3 Å². The topological polar surface area (TPSA) is 51.1 Å². The molecule has 0 aliphatic heterocycles. The minimum absolute atomic E-state index is 0.0716. The zero-order chi connectivity index (χ0) is 20.3. The molecule has 5 heteroatoms. The van der Waals surface area contributed by atoms with E-state index in [4.69, 9.17) is 0 Å². The van der Waals surface area contributed by atoms with E-state index in [1.54, 1.807) is 22.8 Å². The predicted molar refractivity (Wildman–Crippen MR) is 108 cm³/mol. The maximum absolute atomic E-state index is 13.3. The lowest BCUT2D eigenvalue weighted by molar-refractivity contribution is -0.122. The number of amides is 1. The van der Waals surface area contributed by atoms with E-state index in [1.165, 1.54) is 19.1 Å². The summed E-state index contributed by atoms with van der Waals surface area (Å²) in [5, 5.41) is 2.99. The molecule has 1 atom stereocenters. The monoisotopic (exact) mass is 378 g/mol. The van der Waals surface area contributed by atoms with Crippen LogP contribution in [0.5, 0.6) is 0 Å². The Balaban J connectivity index is 1.88. The van der Waals surface area contributed by atoms with Gasteiger partial charge in [0.05, 0.1) is 6.04 Å². The van der Waals surface area contributed by atoms with Gasteiger partial charge >= 0.3 is 0 Å². The Morgan fingerprint density at radius 3 is 2.32 bits per heavy atom. The van der Waals surface area contributed by atoms with E-state index >= 15 is 0 Å². The van der Waals surface area contributed by atoms with Crippen LogP contribution in [0.1, 0.15) is 41.5 Å². The number of hydrogen-bond acceptors (Lipinski definition) is 2. The van der Waals surface area contributed by atoms with Gasteiger partial charge in [0.15, 0.2) is 5.78 Å². The van der Waals surface area contributed by atoms with Gasteiger partial charge in [-0.2, -0.15) is 0 Å². The summed E-state index contributed by atoms with van der Waals surface area (Å²) in [5.74, 6) is -0.564. The van der Waals surface area contributed by atoms with Crippen LogP contribution in [-0.2, 0) is 11.3 Å². The average molecular weight is 378 g/mol. The maximum atomic E-state index is 13.3. The Morgan fingerprint density at radius 1 is 1.07 bits per heavy atom. The summed E-state index contributed by atoms with van der Waals surface area (Å²) >= 11 is 0. The summed E-state index contributed by atoms with van der Waals surface area (Å²) in [4.78, 5) is 24.7. The van der Waals surface area contributed by atoms with Crippen molar-refractivity contribution in [2.24, 2.45) is 0 Å². The molecule has 0 bridgehead atoms. The van der Waals surface area contributed by atoms with Gasteiger partial charge in [-0.1, -0.05) is 30.3 Å². The van der Waals surface area contributed by atoms with Crippen LogP contribution in [0.25, 0.3) is 11.3 Å². The zero-order valence-corrected chi connectivity index (χ0v) is 16.2. The van der Waals surface area contributed by atoms with E-state index in [2.05, 4.69) is 5.32 Å². The smallest absolute Gasteiger partial charge is 0.240 e. The van der Waals surface area contributed by atoms with Gasteiger partial charge in [0, 0.05) is 17.0 Å². The third-order valence-corrected chi connectivity index (χ3v) is 4.86. The van der Waals surface area contributed by atoms with Gasteiger partial charge in [0.1, 0.15) is 12.4 Å². The highest BCUT2D eigenvalue weighted by atomic mass is 19.1. The van der Waals surface area contributed by atoms with Crippen LogP contribution in [0, 0.1) is 12.7 Å². The summed E-state index contributed by atoms with van der Waals surface area (Å²) in [5.41, 5.74) is 3.76. The molecule has 0 spiro atoms. The van der Waals surface area contributed by atoms with Crippen molar-refractivity contribution in [3.8, 4) is 11.3 Å². The highest BCUT2D eigenvalue weighted by Crippen LogP contribution is 2.27. The molecule has 0 aliphatic rings. The molecule has 2 aromatic carbocycles. The highest BCUT2D eigenvalue weighted by molar-refractivity contribution is 5.97. The van der Waals surface area contributed by atoms with E-state index < -0.39 is 0 Å². The molecule has 1 amide bonds. The van der Waals surface area contributed by atoms with Crippen molar-refractivity contribution in [3.63, 3.8) is 0 Å². The fraction of sp³-hybridized carbons (Fsp3) is 0.217. The van der Waals surface area contributed by atoms with Crippen LogP contribution in [0.2, 0.25) is 0 Å². The normalized spacial score (nSPS) is 11.9. The largest absolute Gasteiger partial charge is 0.348 e. The van der Waals surface area contributed by atoms with Gasteiger partial charge in [0.2, 0.25) is 5.91 Å². The molecule has 3 aromatic rings. The number of carbonyl (C=O) groups excluding carboxylic acids is 2. The number of carbonyl (C=O) groups is 2. The molecule has 0 fully saturated rings. The number of Topliss-reactive ketones (excluding diaryl/α,β-unsaturated/α-hetero) is 1. The third kappa shape index (κ3) is 4.19. The predicted octanol–water partition coefficient (Wildman–Crippen LogP) is 4.68. The van der Waals surface area contributed by atoms with Crippen LogP contribution >= 0.6 is 0 Å². The molecule has 4 nitrogen and oxygen atoms in total. The number of benzene rings is 2. The zero-order valence-electron chi connectivity index (χ0n) is 16.2. The Kier molecular flexibility index (Phi) is 5.73. The van der Waals surface area contributed by atoms with Crippen molar-refractivity contribution in [1.29, 1.82) is 0 Å². The Labute approximate surface area is 164 Å². The Morgan fingerprint density at radius 2 is 1.71 bits per heavy atom. The summed E-state index contributed by atoms with van der Waals surface area (Å²) in [6, 6.07) is 17.4. The van der Waals surface area contributed by atoms with Crippen LogP contribution < -0.4 is 5.32 Å².